The molecular weight excluding hydrogens is 414 g/mol. The third kappa shape index (κ3) is 5.01. The summed E-state index contributed by atoms with van der Waals surface area (Å²) in [5.74, 6) is -0.124. The van der Waals surface area contributed by atoms with Crippen molar-refractivity contribution < 1.29 is 18.3 Å². The fraction of sp³-hybridized carbons (Fsp3) is 0.350. The number of benzene rings is 1. The van der Waals surface area contributed by atoms with E-state index in [0.717, 1.165) is 5.56 Å². The Morgan fingerprint density at radius 1 is 1.34 bits per heavy atom. The number of anilines is 2. The van der Waals surface area contributed by atoms with Crippen molar-refractivity contribution in [1.82, 2.24) is 4.72 Å². The van der Waals surface area contributed by atoms with Crippen LogP contribution in [0.1, 0.15) is 25.8 Å². The highest BCUT2D eigenvalue weighted by atomic mass is 35.5. The fourth-order valence-electron chi connectivity index (χ4n) is 3.07. The predicted octanol–water partition coefficient (Wildman–Crippen LogP) is 2.85. The second kappa shape index (κ2) is 8.61. The molecule has 9 heteroatoms. The summed E-state index contributed by atoms with van der Waals surface area (Å²) in [7, 11) is -3.96. The number of sulfonamides is 1. The third-order valence-corrected chi connectivity index (χ3v) is 6.60. The first-order valence-corrected chi connectivity index (χ1v) is 11.2. The molecule has 0 aromatic heterocycles. The zero-order valence-electron chi connectivity index (χ0n) is 16.2. The first-order valence-electron chi connectivity index (χ1n) is 9.32. The van der Waals surface area contributed by atoms with Gasteiger partial charge in [0.15, 0.2) is 0 Å². The van der Waals surface area contributed by atoms with Crippen LogP contribution in [0.25, 0.3) is 0 Å². The van der Waals surface area contributed by atoms with Crippen molar-refractivity contribution >= 4 is 38.9 Å². The van der Waals surface area contributed by atoms with E-state index in [2.05, 4.69) is 15.4 Å². The van der Waals surface area contributed by atoms with Crippen molar-refractivity contribution in [2.75, 3.05) is 17.2 Å². The molecule has 1 aliphatic carbocycles. The van der Waals surface area contributed by atoms with Crippen molar-refractivity contribution in [2.45, 2.75) is 37.6 Å². The van der Waals surface area contributed by atoms with Gasteiger partial charge in [0.2, 0.25) is 5.91 Å². The Kier molecular flexibility index (Phi) is 6.36. The molecule has 0 bridgehead atoms. The normalized spacial score (nSPS) is 20.0. The SMILES string of the molecule is CC(CO)Nc1cc2c(cc1S(=O)(=O)NC1=CC=CC(C)C(Cl)=C1)CCC(=O)N2. The lowest BCUT2D eigenvalue weighted by Gasteiger charge is -2.23. The number of amides is 1. The maximum Gasteiger partial charge on any atom is 0.263 e. The molecule has 1 aromatic rings. The van der Waals surface area contributed by atoms with Gasteiger partial charge in [-0.3, -0.25) is 9.52 Å². The predicted molar refractivity (Wildman–Crippen MR) is 114 cm³/mol. The van der Waals surface area contributed by atoms with Crippen LogP contribution in [0.15, 0.2) is 52.1 Å². The monoisotopic (exact) mass is 437 g/mol. The van der Waals surface area contributed by atoms with Crippen molar-refractivity contribution in [2.24, 2.45) is 5.92 Å². The van der Waals surface area contributed by atoms with Gasteiger partial charge in [0, 0.05) is 34.8 Å². The first kappa shape index (κ1) is 21.4. The van der Waals surface area contributed by atoms with Gasteiger partial charge in [-0.25, -0.2) is 8.42 Å². The van der Waals surface area contributed by atoms with Crippen molar-refractivity contribution in [3.63, 3.8) is 0 Å². The molecule has 0 radical (unpaired) electrons. The summed E-state index contributed by atoms with van der Waals surface area (Å²) >= 11 is 6.22. The molecule has 4 N–H and O–H groups in total. The number of allylic oxidation sites excluding steroid dienone is 5. The number of aryl methyl sites for hydroxylation is 1. The molecule has 2 aliphatic rings. The lowest BCUT2D eigenvalue weighted by molar-refractivity contribution is -0.116. The minimum absolute atomic E-state index is 0.00934. The van der Waals surface area contributed by atoms with Gasteiger partial charge < -0.3 is 15.7 Å². The number of fused-ring (bicyclic) bond motifs is 1. The van der Waals surface area contributed by atoms with E-state index in [1.165, 1.54) is 0 Å². The van der Waals surface area contributed by atoms with E-state index in [9.17, 15) is 18.3 Å². The molecule has 7 nitrogen and oxygen atoms in total. The Bertz CT molecular complexity index is 1010. The molecule has 3 rings (SSSR count). The fourth-order valence-corrected chi connectivity index (χ4v) is 4.51. The molecule has 29 heavy (non-hydrogen) atoms. The van der Waals surface area contributed by atoms with Crippen LogP contribution in [-0.2, 0) is 21.2 Å². The number of halogens is 1. The summed E-state index contributed by atoms with van der Waals surface area (Å²) < 4.78 is 29.0. The Balaban J connectivity index is 2.02. The lowest BCUT2D eigenvalue weighted by Crippen LogP contribution is -2.27. The van der Waals surface area contributed by atoms with Crippen LogP contribution in [-0.4, -0.2) is 32.1 Å². The highest BCUT2D eigenvalue weighted by molar-refractivity contribution is 7.89. The molecule has 0 fully saturated rings. The second-order valence-corrected chi connectivity index (χ2v) is 9.30. The van der Waals surface area contributed by atoms with E-state index in [1.54, 1.807) is 37.3 Å². The molecule has 2 unspecified atom stereocenters. The molecule has 0 saturated carbocycles. The zero-order chi connectivity index (χ0) is 21.2. The van der Waals surface area contributed by atoms with Gasteiger partial charge in [0.1, 0.15) is 4.90 Å². The summed E-state index contributed by atoms with van der Waals surface area (Å²) in [5.41, 5.74) is 1.96. The molecule has 1 aliphatic heterocycles. The average molecular weight is 438 g/mol. The summed E-state index contributed by atoms with van der Waals surface area (Å²) in [4.78, 5) is 11.8. The minimum Gasteiger partial charge on any atom is -0.394 e. The largest absolute Gasteiger partial charge is 0.394 e. The standard InChI is InChI=1S/C20H24ClN3O4S/c1-12-4-3-5-15(9-16(12)21)24-29(27,28)19-8-14-6-7-20(26)23-17(14)10-18(19)22-13(2)11-25/h3-5,8-10,12-13,22,24-25H,6-7,11H2,1-2H3,(H,23,26). The average Bonchev–Trinajstić information content (AvgIpc) is 2.81. The van der Waals surface area contributed by atoms with Crippen LogP contribution in [0.3, 0.4) is 0 Å². The number of aliphatic hydroxyl groups is 1. The van der Waals surface area contributed by atoms with Crippen LogP contribution in [0.4, 0.5) is 11.4 Å². The van der Waals surface area contributed by atoms with Gasteiger partial charge >= 0.3 is 0 Å². The minimum atomic E-state index is -3.96. The van der Waals surface area contributed by atoms with E-state index >= 15 is 0 Å². The molecule has 156 valence electrons. The number of nitrogens with one attached hydrogen (secondary N) is 3. The van der Waals surface area contributed by atoms with Gasteiger partial charge in [0.25, 0.3) is 10.0 Å². The molecule has 2 atom stereocenters. The maximum atomic E-state index is 13.2. The van der Waals surface area contributed by atoms with Crippen molar-refractivity contribution in [1.29, 1.82) is 0 Å². The molecule has 0 spiro atoms. The molecule has 1 aromatic carbocycles. The molecule has 1 heterocycles. The molecular formula is C20H24ClN3O4S. The summed E-state index contributed by atoms with van der Waals surface area (Å²) in [5, 5.41) is 15.7. The van der Waals surface area contributed by atoms with Crippen LogP contribution in [0.5, 0.6) is 0 Å². The number of aliphatic hydroxyl groups excluding tert-OH is 1. The van der Waals surface area contributed by atoms with Crippen LogP contribution in [0.2, 0.25) is 0 Å². The van der Waals surface area contributed by atoms with E-state index < -0.39 is 10.0 Å². The van der Waals surface area contributed by atoms with Crippen molar-refractivity contribution in [3.05, 3.63) is 52.7 Å². The lowest BCUT2D eigenvalue weighted by atomic mass is 10.0. The van der Waals surface area contributed by atoms with Gasteiger partial charge in [-0.2, -0.15) is 0 Å². The Hall–Kier alpha value is -2.29. The number of carbonyl (C=O) groups is 1. The maximum absolute atomic E-state index is 13.2. The van der Waals surface area contributed by atoms with Gasteiger partial charge in [-0.05, 0) is 43.2 Å². The number of hydrogen-bond acceptors (Lipinski definition) is 5. The summed E-state index contributed by atoms with van der Waals surface area (Å²) in [6.45, 7) is 3.46. The Labute approximate surface area is 175 Å². The second-order valence-electron chi connectivity index (χ2n) is 7.21. The zero-order valence-corrected chi connectivity index (χ0v) is 17.8. The van der Waals surface area contributed by atoms with E-state index in [1.807, 2.05) is 13.0 Å². The van der Waals surface area contributed by atoms with Crippen LogP contribution in [0, 0.1) is 5.92 Å². The summed E-state index contributed by atoms with van der Waals surface area (Å²) in [6.07, 6.45) is 7.61. The van der Waals surface area contributed by atoms with E-state index in [0.29, 0.717) is 34.9 Å². The van der Waals surface area contributed by atoms with Crippen molar-refractivity contribution in [3.8, 4) is 0 Å². The van der Waals surface area contributed by atoms with Gasteiger partial charge in [-0.15, -0.1) is 0 Å². The first-order chi connectivity index (χ1) is 13.7. The van der Waals surface area contributed by atoms with E-state index in [4.69, 9.17) is 11.6 Å². The topological polar surface area (TPSA) is 108 Å². The molecule has 1 amide bonds. The van der Waals surface area contributed by atoms with Crippen LogP contribution >= 0.6 is 11.6 Å². The highest BCUT2D eigenvalue weighted by Gasteiger charge is 2.25. The smallest absolute Gasteiger partial charge is 0.263 e. The Morgan fingerprint density at radius 2 is 2.10 bits per heavy atom. The van der Waals surface area contributed by atoms with Gasteiger partial charge in [-0.1, -0.05) is 30.7 Å². The van der Waals surface area contributed by atoms with Gasteiger partial charge in [0.05, 0.1) is 12.3 Å². The number of hydrogen-bond donors (Lipinski definition) is 4. The number of carbonyl (C=O) groups excluding carboxylic acids is 1. The third-order valence-electron chi connectivity index (χ3n) is 4.72. The molecule has 0 saturated heterocycles. The highest BCUT2D eigenvalue weighted by Crippen LogP contribution is 2.33. The quantitative estimate of drug-likeness (QED) is 0.547. The van der Waals surface area contributed by atoms with Crippen LogP contribution < -0.4 is 15.4 Å². The van der Waals surface area contributed by atoms with E-state index in [-0.39, 0.29) is 29.4 Å². The number of rotatable bonds is 6. The summed E-state index contributed by atoms with van der Waals surface area (Å²) in [6, 6.07) is 2.78. The Morgan fingerprint density at radius 3 is 2.83 bits per heavy atom.